The van der Waals surface area contributed by atoms with E-state index in [2.05, 4.69) is 10.0 Å². The summed E-state index contributed by atoms with van der Waals surface area (Å²) in [5, 5.41) is 3.27. The minimum Gasteiger partial charge on any atom is -0.317 e. The molecule has 0 aromatic heterocycles. The van der Waals surface area contributed by atoms with E-state index in [1.807, 2.05) is 20.8 Å². The first-order valence-corrected chi connectivity index (χ1v) is 9.71. The second-order valence-electron chi connectivity index (χ2n) is 6.72. The van der Waals surface area contributed by atoms with Crippen LogP contribution in [0.15, 0.2) is 0 Å². The molecule has 2 N–H and O–H groups in total. The van der Waals surface area contributed by atoms with Gasteiger partial charge in [-0.1, -0.05) is 0 Å². The maximum Gasteiger partial charge on any atom is 0.152 e. The van der Waals surface area contributed by atoms with Crippen molar-refractivity contribution in [1.82, 2.24) is 10.0 Å². The van der Waals surface area contributed by atoms with Crippen LogP contribution in [0.25, 0.3) is 0 Å². The fraction of sp³-hybridized carbons (Fsp3) is 1.00. The second-order valence-corrected chi connectivity index (χ2v) is 10.8. The summed E-state index contributed by atoms with van der Waals surface area (Å²) >= 11 is 0. The molecule has 2 unspecified atom stereocenters. The molecule has 5 nitrogen and oxygen atoms in total. The summed E-state index contributed by atoms with van der Waals surface area (Å²) < 4.78 is 38.9. The number of piperidine rings is 1. The van der Waals surface area contributed by atoms with E-state index in [4.69, 9.17) is 0 Å². The van der Waals surface area contributed by atoms with Crippen LogP contribution in [0.5, 0.6) is 0 Å². The van der Waals surface area contributed by atoms with Crippen LogP contribution in [-0.2, 0) is 20.8 Å². The maximum absolute atomic E-state index is 12.2. The van der Waals surface area contributed by atoms with Gasteiger partial charge in [0.05, 0.1) is 27.2 Å². The number of sulfone groups is 1. The zero-order valence-electron chi connectivity index (χ0n) is 11.9. The minimum atomic E-state index is -3.02. The first-order chi connectivity index (χ1) is 8.65. The van der Waals surface area contributed by atoms with Crippen LogP contribution in [0, 0.1) is 5.41 Å². The zero-order chi connectivity index (χ0) is 14.3. The van der Waals surface area contributed by atoms with E-state index in [9.17, 15) is 12.6 Å². The summed E-state index contributed by atoms with van der Waals surface area (Å²) in [7, 11) is -4.24. The third-order valence-electron chi connectivity index (χ3n) is 4.07. The Morgan fingerprint density at radius 1 is 1.26 bits per heavy atom. The van der Waals surface area contributed by atoms with E-state index < -0.39 is 20.8 Å². The van der Waals surface area contributed by atoms with Gasteiger partial charge in [0.25, 0.3) is 0 Å². The summed E-state index contributed by atoms with van der Waals surface area (Å²) in [6.07, 6.45) is 1.68. The molecule has 2 aliphatic rings. The van der Waals surface area contributed by atoms with Gasteiger partial charge in [0, 0.05) is 11.5 Å². The van der Waals surface area contributed by atoms with Crippen molar-refractivity contribution in [2.75, 3.05) is 24.6 Å². The third-order valence-corrected chi connectivity index (χ3v) is 7.54. The smallest absolute Gasteiger partial charge is 0.152 e. The van der Waals surface area contributed by atoms with Crippen LogP contribution in [0.2, 0.25) is 0 Å². The lowest BCUT2D eigenvalue weighted by Gasteiger charge is -2.38. The highest BCUT2D eigenvalue weighted by Gasteiger charge is 2.51. The average Bonchev–Trinajstić information content (AvgIpc) is 2.49. The Hall–Kier alpha value is 0.0200. The van der Waals surface area contributed by atoms with Crippen LogP contribution < -0.4 is 10.0 Å². The van der Waals surface area contributed by atoms with Gasteiger partial charge in [-0.3, -0.25) is 0 Å². The van der Waals surface area contributed by atoms with Gasteiger partial charge in [0.15, 0.2) is 9.84 Å². The highest BCUT2D eigenvalue weighted by atomic mass is 32.2. The highest BCUT2D eigenvalue weighted by Crippen LogP contribution is 2.40. The van der Waals surface area contributed by atoms with Crippen molar-refractivity contribution in [1.29, 1.82) is 0 Å². The van der Waals surface area contributed by atoms with E-state index in [1.165, 1.54) is 0 Å². The lowest BCUT2D eigenvalue weighted by Crippen LogP contribution is -2.52. The Balaban J connectivity index is 2.19. The molecule has 2 aliphatic heterocycles. The van der Waals surface area contributed by atoms with E-state index in [0.29, 0.717) is 0 Å². The van der Waals surface area contributed by atoms with Crippen LogP contribution in [0.3, 0.4) is 0 Å². The number of hydrogen-bond acceptors (Lipinski definition) is 4. The Morgan fingerprint density at radius 3 is 2.37 bits per heavy atom. The van der Waals surface area contributed by atoms with E-state index in [1.54, 1.807) is 0 Å². The Bertz CT molecular complexity index is 462. The van der Waals surface area contributed by atoms with Gasteiger partial charge in [0.2, 0.25) is 0 Å². The van der Waals surface area contributed by atoms with E-state index >= 15 is 0 Å². The topological polar surface area (TPSA) is 75.3 Å². The van der Waals surface area contributed by atoms with Gasteiger partial charge in [-0.25, -0.2) is 17.3 Å². The molecule has 0 amide bonds. The van der Waals surface area contributed by atoms with Crippen LogP contribution in [-0.4, -0.2) is 48.0 Å². The van der Waals surface area contributed by atoms with Crippen molar-refractivity contribution in [3.05, 3.63) is 0 Å². The SMILES string of the molecule is CC(C)(C)S(=O)NC1CS(=O)(=O)CC12CCNCC2. The molecule has 2 rings (SSSR count). The summed E-state index contributed by atoms with van der Waals surface area (Å²) in [6, 6.07) is -0.181. The predicted molar refractivity (Wildman–Crippen MR) is 78.0 cm³/mol. The second kappa shape index (κ2) is 5.09. The number of nitrogens with one attached hydrogen (secondary N) is 2. The molecular formula is C12H24N2O3S2. The molecule has 19 heavy (non-hydrogen) atoms. The molecule has 0 aromatic rings. The number of rotatable bonds is 2. The van der Waals surface area contributed by atoms with Crippen molar-refractivity contribution in [3.63, 3.8) is 0 Å². The first kappa shape index (κ1) is 15.4. The number of hydrogen-bond donors (Lipinski definition) is 2. The summed E-state index contributed by atoms with van der Waals surface area (Å²) in [6.45, 7) is 7.38. The average molecular weight is 308 g/mol. The summed E-state index contributed by atoms with van der Waals surface area (Å²) in [5.41, 5.74) is -0.231. The molecule has 2 heterocycles. The molecule has 0 bridgehead atoms. The monoisotopic (exact) mass is 308 g/mol. The molecule has 0 aromatic carbocycles. The summed E-state index contributed by atoms with van der Waals surface area (Å²) in [5.74, 6) is 0.357. The lowest BCUT2D eigenvalue weighted by atomic mass is 9.76. The van der Waals surface area contributed by atoms with Crippen molar-refractivity contribution in [2.24, 2.45) is 5.41 Å². The minimum absolute atomic E-state index is 0.120. The first-order valence-electron chi connectivity index (χ1n) is 6.74. The van der Waals surface area contributed by atoms with Crippen molar-refractivity contribution >= 4 is 20.8 Å². The molecule has 0 aliphatic carbocycles. The molecule has 0 radical (unpaired) electrons. The van der Waals surface area contributed by atoms with E-state index in [-0.39, 0.29) is 27.7 Å². The fourth-order valence-corrected chi connectivity index (χ4v) is 6.39. The molecule has 1 spiro atoms. The Kier molecular flexibility index (Phi) is 4.13. The zero-order valence-corrected chi connectivity index (χ0v) is 13.5. The maximum atomic E-state index is 12.2. The van der Waals surface area contributed by atoms with Crippen molar-refractivity contribution < 1.29 is 12.6 Å². The van der Waals surface area contributed by atoms with E-state index in [0.717, 1.165) is 25.9 Å². The normalized spacial score (nSPS) is 31.4. The van der Waals surface area contributed by atoms with Gasteiger partial charge in [0.1, 0.15) is 0 Å². The molecule has 2 saturated heterocycles. The van der Waals surface area contributed by atoms with Crippen LogP contribution in [0.1, 0.15) is 33.6 Å². The molecule has 112 valence electrons. The molecular weight excluding hydrogens is 284 g/mol. The predicted octanol–water partition coefficient (Wildman–Crippen LogP) is 0.205. The molecule has 2 fully saturated rings. The van der Waals surface area contributed by atoms with Gasteiger partial charge < -0.3 is 5.32 Å². The largest absolute Gasteiger partial charge is 0.317 e. The quantitative estimate of drug-likeness (QED) is 0.764. The van der Waals surface area contributed by atoms with Gasteiger partial charge in [-0.05, 0) is 46.7 Å². The Morgan fingerprint density at radius 2 is 1.84 bits per heavy atom. The van der Waals surface area contributed by atoms with Gasteiger partial charge in [-0.15, -0.1) is 0 Å². The molecule has 0 saturated carbocycles. The van der Waals surface area contributed by atoms with Gasteiger partial charge in [-0.2, -0.15) is 0 Å². The fourth-order valence-electron chi connectivity index (χ4n) is 2.91. The third kappa shape index (κ3) is 3.37. The van der Waals surface area contributed by atoms with Crippen molar-refractivity contribution in [3.8, 4) is 0 Å². The standard InChI is InChI=1S/C12H24N2O3S2/c1-11(2,3)18(15)14-10-8-19(16,17)9-12(10)4-6-13-7-5-12/h10,13-14H,4-9H2,1-3H3. The highest BCUT2D eigenvalue weighted by molar-refractivity contribution is 7.91. The van der Waals surface area contributed by atoms with Crippen LogP contribution >= 0.6 is 0 Å². The lowest BCUT2D eigenvalue weighted by molar-refractivity contribution is 0.200. The van der Waals surface area contributed by atoms with Crippen molar-refractivity contribution in [2.45, 2.75) is 44.4 Å². The molecule has 7 heteroatoms. The van der Waals surface area contributed by atoms with Crippen LogP contribution in [0.4, 0.5) is 0 Å². The Labute approximate surface area is 118 Å². The molecule has 2 atom stereocenters. The summed E-state index contributed by atoms with van der Waals surface area (Å²) in [4.78, 5) is 0. The van der Waals surface area contributed by atoms with Gasteiger partial charge >= 0.3 is 0 Å².